The molecule has 5 nitrogen and oxygen atoms in total. The molecule has 0 unspecified atom stereocenters. The summed E-state index contributed by atoms with van der Waals surface area (Å²) in [7, 11) is 1.21. The highest BCUT2D eigenvalue weighted by molar-refractivity contribution is 6.33. The van der Waals surface area contributed by atoms with E-state index >= 15 is 0 Å². The Hall–Kier alpha value is -1.89. The lowest BCUT2D eigenvalue weighted by Gasteiger charge is -2.16. The molecule has 0 aromatic heterocycles. The van der Waals surface area contributed by atoms with Crippen LogP contribution in [-0.2, 0) is 0 Å². The average molecular weight is 263 g/mol. The number of urea groups is 1. The van der Waals surface area contributed by atoms with E-state index in [-0.39, 0.29) is 10.7 Å². The minimum Gasteiger partial charge on any atom is -0.370 e. The van der Waals surface area contributed by atoms with Crippen LogP contribution in [0.3, 0.4) is 0 Å². The first-order chi connectivity index (χ1) is 7.82. The van der Waals surface area contributed by atoms with Gasteiger partial charge < -0.3 is 11.5 Å². The van der Waals surface area contributed by atoms with Crippen molar-refractivity contribution in [3.05, 3.63) is 28.8 Å². The Kier molecular flexibility index (Phi) is 3.84. The predicted octanol–water partition coefficient (Wildman–Crippen LogP) is 1.45. The Labute approximate surface area is 101 Å². The Morgan fingerprint density at radius 1 is 1.41 bits per heavy atom. The number of carbonyl (C=O) groups is 1. The summed E-state index contributed by atoms with van der Waals surface area (Å²) in [6.45, 7) is 0. The molecule has 1 aromatic rings. The summed E-state index contributed by atoms with van der Waals surface area (Å²) in [5.41, 5.74) is 9.70. The molecule has 0 aliphatic rings. The topological polar surface area (TPSA) is 84.7 Å². The SMILES string of the molecule is CN(C(=O)N=C(N)N)c1c(F)cc(F)cc1Cl. The molecule has 0 heterocycles. The molecule has 0 aliphatic carbocycles. The molecular formula is C9H9ClF2N4O. The second-order valence-corrected chi connectivity index (χ2v) is 3.50. The van der Waals surface area contributed by atoms with Gasteiger partial charge in [0.15, 0.2) is 11.8 Å². The zero-order chi connectivity index (χ0) is 13.2. The highest BCUT2D eigenvalue weighted by Gasteiger charge is 2.19. The first-order valence-corrected chi connectivity index (χ1v) is 4.72. The molecule has 0 saturated carbocycles. The molecule has 0 bridgehead atoms. The molecule has 0 fully saturated rings. The van der Waals surface area contributed by atoms with Crippen LogP contribution in [0.25, 0.3) is 0 Å². The number of carbonyl (C=O) groups excluding carboxylic acids is 1. The predicted molar refractivity (Wildman–Crippen MR) is 61.0 cm³/mol. The number of rotatable bonds is 1. The minimum atomic E-state index is -0.989. The molecule has 0 saturated heterocycles. The van der Waals surface area contributed by atoms with Gasteiger partial charge in [-0.2, -0.15) is 4.99 Å². The molecule has 0 radical (unpaired) electrons. The molecule has 0 aliphatic heterocycles. The zero-order valence-electron chi connectivity index (χ0n) is 8.75. The first kappa shape index (κ1) is 13.2. The third-order valence-electron chi connectivity index (χ3n) is 1.83. The molecular weight excluding hydrogens is 254 g/mol. The molecule has 92 valence electrons. The summed E-state index contributed by atoms with van der Waals surface area (Å²) < 4.78 is 26.2. The Morgan fingerprint density at radius 3 is 2.47 bits per heavy atom. The van der Waals surface area contributed by atoms with Crippen molar-refractivity contribution < 1.29 is 13.6 Å². The van der Waals surface area contributed by atoms with Crippen LogP contribution in [0.4, 0.5) is 19.3 Å². The third kappa shape index (κ3) is 3.04. The number of aliphatic imine (C=N–C) groups is 1. The van der Waals surface area contributed by atoms with Gasteiger partial charge in [-0.15, -0.1) is 0 Å². The van der Waals surface area contributed by atoms with E-state index in [2.05, 4.69) is 4.99 Å². The fourth-order valence-electron chi connectivity index (χ4n) is 1.14. The van der Waals surface area contributed by atoms with E-state index < -0.39 is 23.6 Å². The lowest BCUT2D eigenvalue weighted by atomic mass is 10.3. The van der Waals surface area contributed by atoms with Crippen molar-refractivity contribution in [1.82, 2.24) is 0 Å². The van der Waals surface area contributed by atoms with Crippen LogP contribution in [0.2, 0.25) is 5.02 Å². The molecule has 2 amide bonds. The summed E-state index contributed by atoms with van der Waals surface area (Å²) in [5, 5.41) is -0.260. The third-order valence-corrected chi connectivity index (χ3v) is 2.12. The Balaban J connectivity index is 3.17. The molecule has 1 rings (SSSR count). The van der Waals surface area contributed by atoms with E-state index in [9.17, 15) is 13.6 Å². The number of nitrogens with zero attached hydrogens (tertiary/aromatic N) is 2. The van der Waals surface area contributed by atoms with E-state index in [4.69, 9.17) is 23.1 Å². The van der Waals surface area contributed by atoms with Gasteiger partial charge in [-0.3, -0.25) is 4.90 Å². The van der Waals surface area contributed by atoms with Crippen LogP contribution in [0.15, 0.2) is 17.1 Å². The van der Waals surface area contributed by atoms with Crippen LogP contribution in [0.5, 0.6) is 0 Å². The quantitative estimate of drug-likeness (QED) is 0.593. The number of guanidine groups is 1. The van der Waals surface area contributed by atoms with E-state index in [0.717, 1.165) is 11.0 Å². The number of halogens is 3. The number of amides is 2. The molecule has 17 heavy (non-hydrogen) atoms. The summed E-state index contributed by atoms with van der Waals surface area (Å²) >= 11 is 5.63. The van der Waals surface area contributed by atoms with Crippen molar-refractivity contribution in [3.63, 3.8) is 0 Å². The summed E-state index contributed by atoms with van der Waals surface area (Å²) in [4.78, 5) is 15.4. The maximum absolute atomic E-state index is 13.4. The van der Waals surface area contributed by atoms with Gasteiger partial charge in [0.05, 0.1) is 10.7 Å². The van der Waals surface area contributed by atoms with Crippen molar-refractivity contribution >= 4 is 29.3 Å². The van der Waals surface area contributed by atoms with Crippen LogP contribution in [0, 0.1) is 11.6 Å². The molecule has 1 aromatic carbocycles. The average Bonchev–Trinajstić information content (AvgIpc) is 2.14. The van der Waals surface area contributed by atoms with Gasteiger partial charge in [-0.1, -0.05) is 11.6 Å². The van der Waals surface area contributed by atoms with Crippen molar-refractivity contribution in [2.45, 2.75) is 0 Å². The maximum Gasteiger partial charge on any atom is 0.351 e. The number of anilines is 1. The smallest absolute Gasteiger partial charge is 0.351 e. The first-order valence-electron chi connectivity index (χ1n) is 4.34. The van der Waals surface area contributed by atoms with Gasteiger partial charge in [-0.05, 0) is 6.07 Å². The Morgan fingerprint density at radius 2 is 2.00 bits per heavy atom. The van der Waals surface area contributed by atoms with E-state index in [1.807, 2.05) is 0 Å². The minimum absolute atomic E-state index is 0.260. The summed E-state index contributed by atoms with van der Waals surface area (Å²) in [6.07, 6.45) is 0. The number of nitrogens with two attached hydrogens (primary N) is 2. The van der Waals surface area contributed by atoms with Gasteiger partial charge in [0.1, 0.15) is 5.82 Å². The van der Waals surface area contributed by atoms with Gasteiger partial charge >= 0.3 is 6.03 Å². The number of hydrogen-bond acceptors (Lipinski definition) is 1. The maximum atomic E-state index is 13.4. The fraction of sp³-hybridized carbons (Fsp3) is 0.111. The van der Waals surface area contributed by atoms with Gasteiger partial charge in [0.2, 0.25) is 0 Å². The molecule has 0 atom stereocenters. The zero-order valence-corrected chi connectivity index (χ0v) is 9.50. The largest absolute Gasteiger partial charge is 0.370 e. The lowest BCUT2D eigenvalue weighted by molar-refractivity contribution is 0.255. The van der Waals surface area contributed by atoms with Crippen LogP contribution in [-0.4, -0.2) is 19.0 Å². The van der Waals surface area contributed by atoms with Crippen LogP contribution >= 0.6 is 11.6 Å². The van der Waals surface area contributed by atoms with E-state index in [0.29, 0.717) is 6.07 Å². The highest BCUT2D eigenvalue weighted by Crippen LogP contribution is 2.29. The van der Waals surface area contributed by atoms with E-state index in [1.54, 1.807) is 0 Å². The Bertz CT molecular complexity index is 465. The van der Waals surface area contributed by atoms with E-state index in [1.165, 1.54) is 7.05 Å². The standard InChI is InChI=1S/C9H9ClF2N4O/c1-16(9(17)15-8(13)14)7-5(10)2-4(11)3-6(7)12/h2-3H,1H3,(H4,13,14,15,17). The van der Waals surface area contributed by atoms with Gasteiger partial charge in [0.25, 0.3) is 0 Å². The summed E-state index contributed by atoms with van der Waals surface area (Å²) in [6, 6.07) is 0.553. The number of benzene rings is 1. The van der Waals surface area contributed by atoms with Gasteiger partial charge in [0, 0.05) is 13.1 Å². The second kappa shape index (κ2) is 4.96. The fourth-order valence-corrected chi connectivity index (χ4v) is 1.46. The summed E-state index contributed by atoms with van der Waals surface area (Å²) in [5.74, 6) is -2.31. The molecule has 4 N–H and O–H groups in total. The van der Waals surface area contributed by atoms with Crippen LogP contribution in [0.1, 0.15) is 0 Å². The van der Waals surface area contributed by atoms with Gasteiger partial charge in [-0.25, -0.2) is 13.6 Å². The second-order valence-electron chi connectivity index (χ2n) is 3.10. The van der Waals surface area contributed by atoms with Crippen molar-refractivity contribution in [1.29, 1.82) is 0 Å². The monoisotopic (exact) mass is 262 g/mol. The normalized spacial score (nSPS) is 9.88. The van der Waals surface area contributed by atoms with Crippen LogP contribution < -0.4 is 16.4 Å². The highest BCUT2D eigenvalue weighted by atomic mass is 35.5. The van der Waals surface area contributed by atoms with Crippen molar-refractivity contribution in [2.75, 3.05) is 11.9 Å². The number of hydrogen-bond donors (Lipinski definition) is 2. The van der Waals surface area contributed by atoms with Crippen molar-refractivity contribution in [3.8, 4) is 0 Å². The molecule has 0 spiro atoms. The lowest BCUT2D eigenvalue weighted by Crippen LogP contribution is -2.30. The van der Waals surface area contributed by atoms with Crippen molar-refractivity contribution in [2.24, 2.45) is 16.5 Å². The molecule has 8 heteroatoms.